The Morgan fingerprint density at radius 2 is 2.40 bits per heavy atom. The average molecular weight is 290 g/mol. The van der Waals surface area contributed by atoms with E-state index in [1.54, 1.807) is 0 Å². The fraction of sp³-hybridized carbons (Fsp3) is 0.571. The van der Waals surface area contributed by atoms with Crippen molar-refractivity contribution in [1.82, 2.24) is 20.2 Å². The summed E-state index contributed by atoms with van der Waals surface area (Å²) in [5.41, 5.74) is 0.824. The van der Waals surface area contributed by atoms with Gasteiger partial charge in [-0.15, -0.1) is 11.3 Å². The lowest BCUT2D eigenvalue weighted by Crippen LogP contribution is -2.44. The van der Waals surface area contributed by atoms with Crippen LogP contribution in [0.5, 0.6) is 0 Å². The first-order valence-corrected chi connectivity index (χ1v) is 8.10. The van der Waals surface area contributed by atoms with E-state index in [1.807, 2.05) is 11.4 Å². The van der Waals surface area contributed by atoms with Crippen LogP contribution < -0.4 is 10.9 Å². The van der Waals surface area contributed by atoms with Gasteiger partial charge in [0.05, 0.1) is 12.1 Å². The molecule has 0 amide bonds. The molecule has 0 spiro atoms. The Morgan fingerprint density at radius 1 is 1.45 bits per heavy atom. The largest absolute Gasteiger partial charge is 0.315 e. The lowest BCUT2D eigenvalue weighted by atomic mass is 9.92. The molecule has 2 saturated heterocycles. The molecule has 4 heterocycles. The highest BCUT2D eigenvalue weighted by molar-refractivity contribution is 7.17. The second-order valence-electron chi connectivity index (χ2n) is 5.75. The predicted molar refractivity (Wildman–Crippen MR) is 80.0 cm³/mol. The Kier molecular flexibility index (Phi) is 3.09. The molecule has 2 aliphatic heterocycles. The smallest absolute Gasteiger partial charge is 0.268 e. The number of nitrogens with one attached hydrogen (secondary N) is 2. The number of rotatable bonds is 2. The molecule has 0 aliphatic carbocycles. The number of nitrogens with zero attached hydrogens (tertiary/aromatic N) is 2. The maximum Gasteiger partial charge on any atom is 0.268 e. The van der Waals surface area contributed by atoms with Crippen LogP contribution in [0.4, 0.5) is 0 Å². The molecule has 4 rings (SSSR count). The maximum atomic E-state index is 12.0. The lowest BCUT2D eigenvalue weighted by molar-refractivity contribution is 0.114. The van der Waals surface area contributed by atoms with Gasteiger partial charge in [-0.25, -0.2) is 4.98 Å². The predicted octanol–water partition coefficient (Wildman–Crippen LogP) is 1.17. The van der Waals surface area contributed by atoms with E-state index in [4.69, 9.17) is 0 Å². The first-order valence-electron chi connectivity index (χ1n) is 7.22. The molecule has 106 valence electrons. The van der Waals surface area contributed by atoms with Crippen LogP contribution in [-0.2, 0) is 6.54 Å². The minimum atomic E-state index is -0.00175. The van der Waals surface area contributed by atoms with Crippen LogP contribution in [0.15, 0.2) is 16.2 Å². The Balaban J connectivity index is 1.61. The Morgan fingerprint density at radius 3 is 3.35 bits per heavy atom. The minimum Gasteiger partial charge on any atom is -0.315 e. The zero-order chi connectivity index (χ0) is 13.5. The van der Waals surface area contributed by atoms with Crippen molar-refractivity contribution in [1.29, 1.82) is 0 Å². The van der Waals surface area contributed by atoms with Crippen molar-refractivity contribution < 1.29 is 0 Å². The van der Waals surface area contributed by atoms with Crippen LogP contribution in [0, 0.1) is 5.92 Å². The molecular formula is C14H18N4OS. The number of hydrogen-bond acceptors (Lipinski definition) is 5. The van der Waals surface area contributed by atoms with E-state index in [1.165, 1.54) is 24.2 Å². The number of piperidine rings is 1. The maximum absolute atomic E-state index is 12.0. The van der Waals surface area contributed by atoms with Gasteiger partial charge in [0, 0.05) is 12.6 Å². The molecule has 2 aromatic heterocycles. The normalized spacial score (nSPS) is 27.0. The molecule has 0 saturated carbocycles. The highest BCUT2D eigenvalue weighted by atomic mass is 32.1. The highest BCUT2D eigenvalue weighted by Gasteiger charge is 2.35. The van der Waals surface area contributed by atoms with Gasteiger partial charge in [-0.3, -0.25) is 9.69 Å². The van der Waals surface area contributed by atoms with E-state index in [-0.39, 0.29) is 5.56 Å². The number of thiophene rings is 1. The zero-order valence-electron chi connectivity index (χ0n) is 11.3. The summed E-state index contributed by atoms with van der Waals surface area (Å²) >= 11 is 1.45. The standard InChI is InChI=1S/C14H18N4OS/c19-14-13-10(3-5-20-13)16-12(17-14)8-18-4-1-2-9-6-15-7-11(9)18/h3,5,9,11,15H,1-2,4,6-8H2,(H,16,17,19). The van der Waals surface area contributed by atoms with E-state index in [0.29, 0.717) is 6.04 Å². The highest BCUT2D eigenvalue weighted by Crippen LogP contribution is 2.27. The average Bonchev–Trinajstić information content (AvgIpc) is 3.06. The summed E-state index contributed by atoms with van der Waals surface area (Å²) in [6, 6.07) is 2.53. The first-order chi connectivity index (χ1) is 9.81. The monoisotopic (exact) mass is 290 g/mol. The van der Waals surface area contributed by atoms with Crippen molar-refractivity contribution in [2.75, 3.05) is 19.6 Å². The number of aromatic amines is 1. The van der Waals surface area contributed by atoms with E-state index < -0.39 is 0 Å². The summed E-state index contributed by atoms with van der Waals surface area (Å²) in [6.45, 7) is 4.06. The van der Waals surface area contributed by atoms with E-state index in [9.17, 15) is 4.79 Å². The van der Waals surface area contributed by atoms with Crippen molar-refractivity contribution in [3.05, 3.63) is 27.6 Å². The third kappa shape index (κ3) is 2.08. The molecule has 20 heavy (non-hydrogen) atoms. The van der Waals surface area contributed by atoms with E-state index in [0.717, 1.165) is 48.1 Å². The molecule has 2 N–H and O–H groups in total. The Labute approximate surface area is 121 Å². The van der Waals surface area contributed by atoms with Crippen LogP contribution in [-0.4, -0.2) is 40.5 Å². The molecular weight excluding hydrogens is 272 g/mol. The van der Waals surface area contributed by atoms with Crippen molar-refractivity contribution in [2.24, 2.45) is 5.92 Å². The summed E-state index contributed by atoms with van der Waals surface area (Å²) in [6.07, 6.45) is 2.56. The SMILES string of the molecule is O=c1[nH]c(CN2CCCC3CNCC32)nc2ccsc12. The molecule has 2 aromatic rings. The van der Waals surface area contributed by atoms with Crippen molar-refractivity contribution >= 4 is 21.6 Å². The Hall–Kier alpha value is -1.24. The fourth-order valence-corrected chi connectivity index (χ4v) is 4.27. The van der Waals surface area contributed by atoms with Crippen LogP contribution in [0.1, 0.15) is 18.7 Å². The molecule has 2 fully saturated rings. The number of likely N-dealkylation sites (tertiary alicyclic amines) is 1. The summed E-state index contributed by atoms with van der Waals surface area (Å²) in [7, 11) is 0. The van der Waals surface area contributed by atoms with Gasteiger partial charge in [0.25, 0.3) is 5.56 Å². The molecule has 0 bridgehead atoms. The molecule has 0 radical (unpaired) electrons. The summed E-state index contributed by atoms with van der Waals surface area (Å²) in [5.74, 6) is 1.56. The summed E-state index contributed by atoms with van der Waals surface area (Å²) < 4.78 is 0.729. The third-order valence-electron chi connectivity index (χ3n) is 4.51. The van der Waals surface area contributed by atoms with Gasteiger partial charge in [-0.2, -0.15) is 0 Å². The van der Waals surface area contributed by atoms with Crippen molar-refractivity contribution in [2.45, 2.75) is 25.4 Å². The number of hydrogen-bond donors (Lipinski definition) is 2. The number of aromatic nitrogens is 2. The second kappa shape index (κ2) is 4.95. The van der Waals surface area contributed by atoms with E-state index in [2.05, 4.69) is 20.2 Å². The summed E-state index contributed by atoms with van der Waals surface area (Å²) in [5, 5.41) is 5.41. The van der Waals surface area contributed by atoms with Crippen LogP contribution in [0.2, 0.25) is 0 Å². The van der Waals surface area contributed by atoms with Crippen LogP contribution >= 0.6 is 11.3 Å². The van der Waals surface area contributed by atoms with Crippen LogP contribution in [0.3, 0.4) is 0 Å². The van der Waals surface area contributed by atoms with Crippen molar-refractivity contribution in [3.63, 3.8) is 0 Å². The molecule has 2 unspecified atom stereocenters. The molecule has 2 aliphatic rings. The topological polar surface area (TPSA) is 61.0 Å². The lowest BCUT2D eigenvalue weighted by Gasteiger charge is -2.36. The van der Waals surface area contributed by atoms with Gasteiger partial charge in [-0.05, 0) is 43.3 Å². The quantitative estimate of drug-likeness (QED) is 0.871. The number of fused-ring (bicyclic) bond motifs is 2. The molecule has 5 nitrogen and oxygen atoms in total. The second-order valence-corrected chi connectivity index (χ2v) is 6.66. The molecule has 6 heteroatoms. The van der Waals surface area contributed by atoms with Gasteiger partial charge < -0.3 is 10.3 Å². The van der Waals surface area contributed by atoms with Gasteiger partial charge >= 0.3 is 0 Å². The van der Waals surface area contributed by atoms with Crippen LogP contribution in [0.25, 0.3) is 10.2 Å². The zero-order valence-corrected chi connectivity index (χ0v) is 12.1. The third-order valence-corrected chi connectivity index (χ3v) is 5.41. The number of H-pyrrole nitrogens is 1. The van der Waals surface area contributed by atoms with E-state index >= 15 is 0 Å². The summed E-state index contributed by atoms with van der Waals surface area (Å²) in [4.78, 5) is 22.0. The molecule has 0 aromatic carbocycles. The minimum absolute atomic E-state index is 0.00175. The first kappa shape index (κ1) is 12.5. The Bertz CT molecular complexity index is 679. The molecule has 2 atom stereocenters. The van der Waals surface area contributed by atoms with Gasteiger partial charge in [0.2, 0.25) is 0 Å². The van der Waals surface area contributed by atoms with Gasteiger partial charge in [0.1, 0.15) is 10.5 Å². The van der Waals surface area contributed by atoms with Gasteiger partial charge in [-0.1, -0.05) is 0 Å². The van der Waals surface area contributed by atoms with Crippen molar-refractivity contribution in [3.8, 4) is 0 Å². The fourth-order valence-electron chi connectivity index (χ4n) is 3.55. The van der Waals surface area contributed by atoms with Gasteiger partial charge in [0.15, 0.2) is 0 Å².